The van der Waals surface area contributed by atoms with E-state index in [-0.39, 0.29) is 37.7 Å². The number of hydrogen-bond acceptors (Lipinski definition) is 6. The quantitative estimate of drug-likeness (QED) is 0.449. The topological polar surface area (TPSA) is 105 Å². The molecule has 0 aliphatic rings. The summed E-state index contributed by atoms with van der Waals surface area (Å²) in [6.45, 7) is 2.19. The first-order chi connectivity index (χ1) is 16.7. The van der Waals surface area contributed by atoms with Crippen molar-refractivity contribution in [3.05, 3.63) is 54.1 Å². The van der Waals surface area contributed by atoms with Gasteiger partial charge in [-0.1, -0.05) is 31.2 Å². The summed E-state index contributed by atoms with van der Waals surface area (Å²) < 4.78 is 36.7. The predicted octanol–water partition coefficient (Wildman–Crippen LogP) is 2.80. The van der Waals surface area contributed by atoms with Crippen molar-refractivity contribution in [1.29, 1.82) is 0 Å². The molecule has 0 aromatic heterocycles. The summed E-state index contributed by atoms with van der Waals surface area (Å²) in [5.41, 5.74) is 1.27. The lowest BCUT2D eigenvalue weighted by molar-refractivity contribution is -0.141. The standard InChI is InChI=1S/C25H35N3O6S/c1-6-21(25(30)26-2)27(18-19-13-15-20(33-3)16-14-19)24(29)12-9-17-28(35(5,31)32)22-10-7-8-11-23(22)34-4/h7-8,10-11,13-16,21H,6,9,12,17-18H2,1-5H3,(H,26,30)/t21-/m0/s1. The van der Waals surface area contributed by atoms with Crippen molar-refractivity contribution < 1.29 is 27.5 Å². The fourth-order valence-corrected chi connectivity index (χ4v) is 4.80. The fraction of sp³-hybridized carbons (Fsp3) is 0.440. The van der Waals surface area contributed by atoms with Gasteiger partial charge in [0.2, 0.25) is 21.8 Å². The first kappa shape index (κ1) is 28.0. The molecule has 0 heterocycles. The molecule has 9 nitrogen and oxygen atoms in total. The Hall–Kier alpha value is -3.27. The van der Waals surface area contributed by atoms with Crippen LogP contribution in [0.2, 0.25) is 0 Å². The highest BCUT2D eigenvalue weighted by Crippen LogP contribution is 2.29. The molecule has 10 heteroatoms. The van der Waals surface area contributed by atoms with E-state index in [2.05, 4.69) is 5.32 Å². The Morgan fingerprint density at radius 3 is 2.23 bits per heavy atom. The van der Waals surface area contributed by atoms with E-state index in [1.54, 1.807) is 48.4 Å². The lowest BCUT2D eigenvalue weighted by Crippen LogP contribution is -2.48. The van der Waals surface area contributed by atoms with E-state index in [1.165, 1.54) is 18.5 Å². The second kappa shape index (κ2) is 13.0. The van der Waals surface area contributed by atoms with Crippen LogP contribution >= 0.6 is 0 Å². The summed E-state index contributed by atoms with van der Waals surface area (Å²) in [4.78, 5) is 27.4. The molecule has 2 amide bonds. The van der Waals surface area contributed by atoms with Gasteiger partial charge in [-0.15, -0.1) is 0 Å². The zero-order valence-electron chi connectivity index (χ0n) is 21.0. The Bertz CT molecular complexity index is 1090. The third kappa shape index (κ3) is 7.61. The molecule has 2 rings (SSSR count). The Morgan fingerprint density at radius 2 is 1.69 bits per heavy atom. The minimum absolute atomic E-state index is 0.0742. The third-order valence-electron chi connectivity index (χ3n) is 5.65. The number of rotatable bonds is 13. The van der Waals surface area contributed by atoms with E-state index in [4.69, 9.17) is 9.47 Å². The maximum absolute atomic E-state index is 13.3. The number of para-hydroxylation sites is 2. The molecule has 0 saturated carbocycles. The van der Waals surface area contributed by atoms with Gasteiger partial charge in [0.05, 0.1) is 26.2 Å². The molecule has 192 valence electrons. The number of methoxy groups -OCH3 is 2. The van der Waals surface area contributed by atoms with Crippen LogP contribution in [0.5, 0.6) is 11.5 Å². The van der Waals surface area contributed by atoms with Crippen LogP contribution in [0.4, 0.5) is 5.69 Å². The summed E-state index contributed by atoms with van der Waals surface area (Å²) in [6, 6.07) is 13.5. The molecular formula is C25H35N3O6S. The van der Waals surface area contributed by atoms with Gasteiger partial charge in [-0.05, 0) is 42.7 Å². The number of ether oxygens (including phenoxy) is 2. The smallest absolute Gasteiger partial charge is 0.242 e. The van der Waals surface area contributed by atoms with E-state index in [0.717, 1.165) is 11.8 Å². The lowest BCUT2D eigenvalue weighted by atomic mass is 10.1. The molecule has 0 aliphatic heterocycles. The van der Waals surface area contributed by atoms with Gasteiger partial charge in [0.25, 0.3) is 0 Å². The van der Waals surface area contributed by atoms with Crippen LogP contribution in [0.3, 0.4) is 0 Å². The van der Waals surface area contributed by atoms with Crippen molar-refractivity contribution in [2.75, 3.05) is 38.4 Å². The second-order valence-electron chi connectivity index (χ2n) is 8.02. The molecule has 2 aromatic carbocycles. The number of carbonyl (C=O) groups excluding carboxylic acids is 2. The maximum atomic E-state index is 13.3. The first-order valence-corrected chi connectivity index (χ1v) is 13.3. The van der Waals surface area contributed by atoms with Gasteiger partial charge in [0.15, 0.2) is 0 Å². The van der Waals surface area contributed by atoms with Gasteiger partial charge in [-0.3, -0.25) is 13.9 Å². The van der Waals surface area contributed by atoms with Gasteiger partial charge < -0.3 is 19.7 Å². The normalized spacial score (nSPS) is 11.9. The first-order valence-electron chi connectivity index (χ1n) is 11.4. The van der Waals surface area contributed by atoms with Crippen molar-refractivity contribution in [2.24, 2.45) is 0 Å². The third-order valence-corrected chi connectivity index (χ3v) is 6.83. The monoisotopic (exact) mass is 505 g/mol. The summed E-state index contributed by atoms with van der Waals surface area (Å²) in [7, 11) is 0.984. The number of benzene rings is 2. The zero-order chi connectivity index (χ0) is 26.0. The molecule has 0 fully saturated rings. The second-order valence-corrected chi connectivity index (χ2v) is 9.93. The van der Waals surface area contributed by atoms with Crippen LogP contribution in [0, 0.1) is 0 Å². The molecule has 0 unspecified atom stereocenters. The van der Waals surface area contributed by atoms with Gasteiger partial charge in [0.1, 0.15) is 17.5 Å². The number of amides is 2. The number of hydrogen-bond donors (Lipinski definition) is 1. The molecular weight excluding hydrogens is 470 g/mol. The largest absolute Gasteiger partial charge is 0.497 e. The molecule has 35 heavy (non-hydrogen) atoms. The molecule has 2 aromatic rings. The number of nitrogens with one attached hydrogen (secondary N) is 1. The van der Waals surface area contributed by atoms with Crippen molar-refractivity contribution in [3.63, 3.8) is 0 Å². The number of nitrogens with zero attached hydrogens (tertiary/aromatic N) is 2. The van der Waals surface area contributed by atoms with Crippen LogP contribution in [0.1, 0.15) is 31.7 Å². The van der Waals surface area contributed by atoms with Gasteiger partial charge in [-0.2, -0.15) is 0 Å². The van der Waals surface area contributed by atoms with Crippen molar-refractivity contribution in [3.8, 4) is 11.5 Å². The summed E-state index contributed by atoms with van der Waals surface area (Å²) in [5.74, 6) is 0.643. The highest BCUT2D eigenvalue weighted by Gasteiger charge is 2.28. The van der Waals surface area contributed by atoms with Gasteiger partial charge >= 0.3 is 0 Å². The van der Waals surface area contributed by atoms with Gasteiger partial charge in [-0.25, -0.2) is 8.42 Å². The maximum Gasteiger partial charge on any atom is 0.242 e. The van der Waals surface area contributed by atoms with E-state index in [0.29, 0.717) is 23.6 Å². The highest BCUT2D eigenvalue weighted by molar-refractivity contribution is 7.92. The zero-order valence-corrected chi connectivity index (χ0v) is 21.8. The van der Waals surface area contributed by atoms with Crippen LogP contribution in [-0.4, -0.2) is 65.2 Å². The van der Waals surface area contributed by atoms with Gasteiger partial charge in [0, 0.05) is 26.6 Å². The molecule has 1 N–H and O–H groups in total. The summed E-state index contributed by atoms with van der Waals surface area (Å²) >= 11 is 0. The summed E-state index contributed by atoms with van der Waals surface area (Å²) in [5, 5.41) is 2.63. The number of anilines is 1. The van der Waals surface area contributed by atoms with Crippen LogP contribution in [-0.2, 0) is 26.2 Å². The molecule has 0 radical (unpaired) electrons. The SMILES string of the molecule is CC[C@@H](C(=O)NC)N(Cc1ccc(OC)cc1)C(=O)CCCN(c1ccccc1OC)S(C)(=O)=O. The van der Waals surface area contributed by atoms with Crippen LogP contribution in [0.15, 0.2) is 48.5 Å². The Balaban J connectivity index is 2.21. The molecule has 0 aliphatic carbocycles. The van der Waals surface area contributed by atoms with Crippen LogP contribution in [0.25, 0.3) is 0 Å². The highest BCUT2D eigenvalue weighted by atomic mass is 32.2. The van der Waals surface area contributed by atoms with Crippen molar-refractivity contribution in [2.45, 2.75) is 38.8 Å². The fourth-order valence-electron chi connectivity index (χ4n) is 3.83. The average Bonchev–Trinajstić information content (AvgIpc) is 2.85. The van der Waals surface area contributed by atoms with E-state index in [1.807, 2.05) is 19.1 Å². The molecule has 0 saturated heterocycles. The minimum atomic E-state index is -3.61. The average molecular weight is 506 g/mol. The predicted molar refractivity (Wildman–Crippen MR) is 136 cm³/mol. The number of likely N-dealkylation sites (N-methyl/N-ethyl adjacent to an activating group) is 1. The molecule has 1 atom stereocenters. The van der Waals surface area contributed by atoms with E-state index in [9.17, 15) is 18.0 Å². The van der Waals surface area contributed by atoms with Crippen LogP contribution < -0.4 is 19.1 Å². The Kier molecular flexibility index (Phi) is 10.4. The van der Waals surface area contributed by atoms with Crippen molar-refractivity contribution >= 4 is 27.5 Å². The number of carbonyl (C=O) groups is 2. The number of sulfonamides is 1. The Morgan fingerprint density at radius 1 is 1.03 bits per heavy atom. The minimum Gasteiger partial charge on any atom is -0.497 e. The summed E-state index contributed by atoms with van der Waals surface area (Å²) in [6.07, 6.45) is 1.91. The van der Waals surface area contributed by atoms with Crippen molar-refractivity contribution in [1.82, 2.24) is 10.2 Å². The molecule has 0 bridgehead atoms. The molecule has 0 spiro atoms. The lowest BCUT2D eigenvalue weighted by Gasteiger charge is -2.31. The van der Waals surface area contributed by atoms with E-state index >= 15 is 0 Å². The van der Waals surface area contributed by atoms with E-state index < -0.39 is 16.1 Å². The Labute approximate surface area is 208 Å².